The number of piperidine rings is 1. The van der Waals surface area contributed by atoms with Crippen LogP contribution in [0.3, 0.4) is 0 Å². The molecule has 0 radical (unpaired) electrons. The van der Waals surface area contributed by atoms with Gasteiger partial charge in [-0.3, -0.25) is 10.1 Å². The Balaban J connectivity index is 2.29. The quantitative estimate of drug-likeness (QED) is 0.654. The van der Waals surface area contributed by atoms with Crippen molar-refractivity contribution in [2.24, 2.45) is 0 Å². The Morgan fingerprint density at radius 1 is 1.56 bits per heavy atom. The largest absolute Gasteiger partial charge is 0.375 e. The number of rotatable bonds is 3. The Morgan fingerprint density at radius 2 is 2.33 bits per heavy atom. The van der Waals surface area contributed by atoms with Crippen LogP contribution >= 0.6 is 11.6 Å². The molecule has 98 valence electrons. The Kier molecular flexibility index (Phi) is 4.04. The van der Waals surface area contributed by atoms with E-state index in [1.165, 1.54) is 6.07 Å². The number of anilines is 1. The lowest BCUT2D eigenvalue weighted by atomic mass is 10.1. The SMILES string of the molecule is Cc1c(Cl)ccc([N+](=O)[O-])c1NC1CCCNC1. The Morgan fingerprint density at radius 3 is 2.94 bits per heavy atom. The van der Waals surface area contributed by atoms with Crippen molar-refractivity contribution in [3.05, 3.63) is 32.8 Å². The van der Waals surface area contributed by atoms with Gasteiger partial charge in [-0.2, -0.15) is 0 Å². The first-order valence-corrected chi connectivity index (χ1v) is 6.38. The van der Waals surface area contributed by atoms with E-state index < -0.39 is 0 Å². The number of halogens is 1. The second-order valence-electron chi connectivity index (χ2n) is 4.51. The van der Waals surface area contributed by atoms with E-state index in [4.69, 9.17) is 11.6 Å². The Hall–Kier alpha value is -1.33. The lowest BCUT2D eigenvalue weighted by molar-refractivity contribution is -0.384. The zero-order chi connectivity index (χ0) is 13.1. The Labute approximate surface area is 111 Å². The van der Waals surface area contributed by atoms with Gasteiger partial charge in [0, 0.05) is 23.7 Å². The first-order chi connectivity index (χ1) is 8.59. The van der Waals surface area contributed by atoms with Crippen LogP contribution in [0.15, 0.2) is 12.1 Å². The molecule has 18 heavy (non-hydrogen) atoms. The lowest BCUT2D eigenvalue weighted by Crippen LogP contribution is -2.38. The predicted molar refractivity (Wildman–Crippen MR) is 72.4 cm³/mol. The van der Waals surface area contributed by atoms with Gasteiger partial charge in [-0.1, -0.05) is 11.6 Å². The van der Waals surface area contributed by atoms with Crippen molar-refractivity contribution >= 4 is 23.0 Å². The first-order valence-electron chi connectivity index (χ1n) is 6.00. The van der Waals surface area contributed by atoms with Gasteiger partial charge in [0.25, 0.3) is 5.69 Å². The monoisotopic (exact) mass is 269 g/mol. The molecule has 0 spiro atoms. The first kappa shape index (κ1) is 13.1. The van der Waals surface area contributed by atoms with Gasteiger partial charge in [-0.15, -0.1) is 0 Å². The highest BCUT2D eigenvalue weighted by Gasteiger charge is 2.21. The molecule has 1 aliphatic heterocycles. The maximum Gasteiger partial charge on any atom is 0.292 e. The number of nitrogens with one attached hydrogen (secondary N) is 2. The fraction of sp³-hybridized carbons (Fsp3) is 0.500. The van der Waals surface area contributed by atoms with E-state index in [-0.39, 0.29) is 16.7 Å². The summed E-state index contributed by atoms with van der Waals surface area (Å²) in [7, 11) is 0. The molecule has 1 aliphatic rings. The third-order valence-electron chi connectivity index (χ3n) is 3.22. The molecular formula is C12H16ClN3O2. The molecule has 2 rings (SSSR count). The molecule has 1 atom stereocenters. The van der Waals surface area contributed by atoms with Gasteiger partial charge in [-0.25, -0.2) is 0 Å². The number of benzene rings is 1. The van der Waals surface area contributed by atoms with E-state index in [1.54, 1.807) is 13.0 Å². The van der Waals surface area contributed by atoms with E-state index in [0.717, 1.165) is 31.5 Å². The molecule has 1 aromatic rings. The van der Waals surface area contributed by atoms with Crippen molar-refractivity contribution in [2.45, 2.75) is 25.8 Å². The minimum atomic E-state index is -0.373. The summed E-state index contributed by atoms with van der Waals surface area (Å²) in [6, 6.07) is 3.24. The zero-order valence-electron chi connectivity index (χ0n) is 10.2. The van der Waals surface area contributed by atoms with Gasteiger partial charge in [0.15, 0.2) is 0 Å². The third-order valence-corrected chi connectivity index (χ3v) is 3.63. The molecule has 0 aliphatic carbocycles. The summed E-state index contributed by atoms with van der Waals surface area (Å²) in [6.07, 6.45) is 2.08. The molecule has 1 saturated heterocycles. The van der Waals surface area contributed by atoms with Crippen LogP contribution < -0.4 is 10.6 Å². The number of nitro groups is 1. The van der Waals surface area contributed by atoms with Gasteiger partial charge in [0.05, 0.1) is 4.92 Å². The second kappa shape index (κ2) is 5.54. The molecule has 0 saturated carbocycles. The van der Waals surface area contributed by atoms with Gasteiger partial charge >= 0.3 is 0 Å². The predicted octanol–water partition coefficient (Wildman–Crippen LogP) is 2.72. The molecule has 1 heterocycles. The van der Waals surface area contributed by atoms with Crippen LogP contribution in [0.2, 0.25) is 5.02 Å². The van der Waals surface area contributed by atoms with Crippen molar-refractivity contribution in [3.8, 4) is 0 Å². The highest BCUT2D eigenvalue weighted by molar-refractivity contribution is 6.31. The van der Waals surface area contributed by atoms with Crippen LogP contribution in [0, 0.1) is 17.0 Å². The van der Waals surface area contributed by atoms with E-state index in [1.807, 2.05) is 0 Å². The van der Waals surface area contributed by atoms with Gasteiger partial charge in [0.1, 0.15) is 5.69 Å². The van der Waals surface area contributed by atoms with E-state index in [9.17, 15) is 10.1 Å². The zero-order valence-corrected chi connectivity index (χ0v) is 11.0. The van der Waals surface area contributed by atoms with Crippen molar-refractivity contribution in [1.29, 1.82) is 0 Å². The minimum absolute atomic E-state index is 0.0856. The van der Waals surface area contributed by atoms with Crippen molar-refractivity contribution < 1.29 is 4.92 Å². The molecule has 5 nitrogen and oxygen atoms in total. The average molecular weight is 270 g/mol. The lowest BCUT2D eigenvalue weighted by Gasteiger charge is -2.25. The molecule has 0 bridgehead atoms. The summed E-state index contributed by atoms with van der Waals surface area (Å²) < 4.78 is 0. The van der Waals surface area contributed by atoms with E-state index in [2.05, 4.69) is 10.6 Å². The van der Waals surface area contributed by atoms with E-state index >= 15 is 0 Å². The molecule has 0 aromatic heterocycles. The second-order valence-corrected chi connectivity index (χ2v) is 4.92. The number of hydrogen-bond acceptors (Lipinski definition) is 4. The van der Waals surface area contributed by atoms with Crippen LogP contribution in [-0.2, 0) is 0 Å². The third kappa shape index (κ3) is 2.73. The molecule has 0 amide bonds. The number of nitro benzene ring substituents is 1. The van der Waals surface area contributed by atoms with Gasteiger partial charge in [0.2, 0.25) is 0 Å². The van der Waals surface area contributed by atoms with Crippen molar-refractivity contribution in [1.82, 2.24) is 5.32 Å². The smallest absolute Gasteiger partial charge is 0.292 e. The normalized spacial score (nSPS) is 19.6. The fourth-order valence-corrected chi connectivity index (χ4v) is 2.34. The van der Waals surface area contributed by atoms with Gasteiger partial charge in [-0.05, 0) is 37.9 Å². The number of hydrogen-bond donors (Lipinski definition) is 2. The summed E-state index contributed by atoms with van der Waals surface area (Å²) in [4.78, 5) is 10.7. The van der Waals surface area contributed by atoms with Crippen LogP contribution in [0.1, 0.15) is 18.4 Å². The van der Waals surface area contributed by atoms with E-state index in [0.29, 0.717) is 10.7 Å². The molecule has 1 fully saturated rings. The summed E-state index contributed by atoms with van der Waals surface area (Å²) in [6.45, 7) is 3.63. The van der Waals surface area contributed by atoms with Crippen LogP contribution in [0.25, 0.3) is 0 Å². The summed E-state index contributed by atoms with van der Waals surface area (Å²) in [5, 5.41) is 18.1. The fourth-order valence-electron chi connectivity index (χ4n) is 2.19. The molecular weight excluding hydrogens is 254 g/mol. The minimum Gasteiger partial charge on any atom is -0.375 e. The summed E-state index contributed by atoms with van der Waals surface area (Å²) in [5.74, 6) is 0. The molecule has 1 unspecified atom stereocenters. The Bertz CT molecular complexity index is 459. The summed E-state index contributed by atoms with van der Waals surface area (Å²) in [5.41, 5.74) is 1.36. The topological polar surface area (TPSA) is 67.2 Å². The van der Waals surface area contributed by atoms with Crippen LogP contribution in [0.4, 0.5) is 11.4 Å². The molecule has 2 N–H and O–H groups in total. The summed E-state index contributed by atoms with van der Waals surface area (Å²) >= 11 is 6.03. The van der Waals surface area contributed by atoms with Crippen molar-refractivity contribution in [3.63, 3.8) is 0 Å². The molecule has 6 heteroatoms. The highest BCUT2D eigenvalue weighted by Crippen LogP contribution is 2.33. The number of nitrogens with zero attached hydrogens (tertiary/aromatic N) is 1. The maximum atomic E-state index is 11.0. The highest BCUT2D eigenvalue weighted by atomic mass is 35.5. The van der Waals surface area contributed by atoms with Gasteiger partial charge < -0.3 is 10.6 Å². The average Bonchev–Trinajstić information content (AvgIpc) is 2.36. The van der Waals surface area contributed by atoms with Crippen LogP contribution in [-0.4, -0.2) is 24.1 Å². The molecule has 1 aromatic carbocycles. The van der Waals surface area contributed by atoms with Crippen LogP contribution in [0.5, 0.6) is 0 Å². The standard InChI is InChI=1S/C12H16ClN3O2/c1-8-10(13)4-5-11(16(17)18)12(8)15-9-3-2-6-14-7-9/h4-5,9,14-15H,2-3,6-7H2,1H3. The maximum absolute atomic E-state index is 11.0. The van der Waals surface area contributed by atoms with Crippen molar-refractivity contribution in [2.75, 3.05) is 18.4 Å².